The first kappa shape index (κ1) is 15.0. The summed E-state index contributed by atoms with van der Waals surface area (Å²) in [4.78, 5) is 2.67. The number of hydrogen-bond acceptors (Lipinski definition) is 3. The number of fused-ring (bicyclic) bond motifs is 1. The van der Waals surface area contributed by atoms with Crippen molar-refractivity contribution in [3.8, 4) is 0 Å². The third-order valence-corrected chi connectivity index (χ3v) is 5.48. The SMILES string of the molecule is CCCN(Cc1csc2ccccc12)CC1CCNCC1. The molecule has 0 amide bonds. The quantitative estimate of drug-likeness (QED) is 0.864. The van der Waals surface area contributed by atoms with Crippen LogP contribution >= 0.6 is 11.3 Å². The Kier molecular flexibility index (Phi) is 5.28. The lowest BCUT2D eigenvalue weighted by molar-refractivity contribution is 0.199. The second-order valence-electron chi connectivity index (χ2n) is 6.19. The third kappa shape index (κ3) is 3.85. The van der Waals surface area contributed by atoms with Gasteiger partial charge >= 0.3 is 0 Å². The van der Waals surface area contributed by atoms with Crippen LogP contribution in [0.15, 0.2) is 29.6 Å². The number of rotatable bonds is 6. The molecule has 1 N–H and O–H groups in total. The molecule has 1 saturated heterocycles. The van der Waals surface area contributed by atoms with Crippen LogP contribution in [0, 0.1) is 5.92 Å². The summed E-state index contributed by atoms with van der Waals surface area (Å²) >= 11 is 1.88. The van der Waals surface area contributed by atoms with Crippen molar-refractivity contribution in [2.75, 3.05) is 26.2 Å². The maximum absolute atomic E-state index is 3.47. The summed E-state index contributed by atoms with van der Waals surface area (Å²) in [6, 6.07) is 8.81. The van der Waals surface area contributed by atoms with Gasteiger partial charge in [-0.2, -0.15) is 0 Å². The van der Waals surface area contributed by atoms with Gasteiger partial charge in [-0.25, -0.2) is 0 Å². The van der Waals surface area contributed by atoms with Crippen molar-refractivity contribution in [3.05, 3.63) is 35.2 Å². The van der Waals surface area contributed by atoms with E-state index in [-0.39, 0.29) is 0 Å². The number of nitrogens with one attached hydrogen (secondary N) is 1. The van der Waals surface area contributed by atoms with E-state index in [1.54, 1.807) is 0 Å². The van der Waals surface area contributed by atoms with Gasteiger partial charge in [0.15, 0.2) is 0 Å². The Balaban J connectivity index is 1.69. The summed E-state index contributed by atoms with van der Waals surface area (Å²) in [5.41, 5.74) is 1.51. The van der Waals surface area contributed by atoms with E-state index in [0.29, 0.717) is 0 Å². The first-order chi connectivity index (χ1) is 10.4. The van der Waals surface area contributed by atoms with Crippen molar-refractivity contribution in [3.63, 3.8) is 0 Å². The summed E-state index contributed by atoms with van der Waals surface area (Å²) in [7, 11) is 0. The van der Waals surface area contributed by atoms with E-state index >= 15 is 0 Å². The molecule has 3 heteroatoms. The second kappa shape index (κ2) is 7.39. The number of thiophene rings is 1. The minimum atomic E-state index is 0.877. The van der Waals surface area contributed by atoms with Crippen LogP contribution in [0.2, 0.25) is 0 Å². The number of piperidine rings is 1. The molecule has 2 heterocycles. The lowest BCUT2D eigenvalue weighted by atomic mass is 9.97. The van der Waals surface area contributed by atoms with Crippen LogP contribution in [0.25, 0.3) is 10.1 Å². The highest BCUT2D eigenvalue weighted by molar-refractivity contribution is 7.17. The molecule has 1 aliphatic heterocycles. The summed E-state index contributed by atoms with van der Waals surface area (Å²) < 4.78 is 1.42. The summed E-state index contributed by atoms with van der Waals surface area (Å²) in [6.07, 6.45) is 3.92. The van der Waals surface area contributed by atoms with Gasteiger partial charge in [0.1, 0.15) is 0 Å². The van der Waals surface area contributed by atoms with Crippen LogP contribution in [-0.4, -0.2) is 31.1 Å². The number of benzene rings is 1. The molecule has 21 heavy (non-hydrogen) atoms. The molecule has 0 unspecified atom stereocenters. The molecule has 1 aromatic carbocycles. The van der Waals surface area contributed by atoms with E-state index in [4.69, 9.17) is 0 Å². The van der Waals surface area contributed by atoms with Gasteiger partial charge in [0, 0.05) is 17.8 Å². The van der Waals surface area contributed by atoms with Crippen molar-refractivity contribution < 1.29 is 0 Å². The summed E-state index contributed by atoms with van der Waals surface area (Å²) in [6.45, 7) is 8.29. The topological polar surface area (TPSA) is 15.3 Å². The first-order valence-corrected chi connectivity index (χ1v) is 9.13. The molecule has 1 fully saturated rings. The van der Waals surface area contributed by atoms with Gasteiger partial charge in [-0.15, -0.1) is 11.3 Å². The van der Waals surface area contributed by atoms with Crippen LogP contribution in [0.3, 0.4) is 0 Å². The van der Waals surface area contributed by atoms with Crippen molar-refractivity contribution in [2.24, 2.45) is 5.92 Å². The molecular formula is C18H26N2S. The molecule has 0 spiro atoms. The van der Waals surface area contributed by atoms with Gasteiger partial charge in [0.2, 0.25) is 0 Å². The summed E-state index contributed by atoms with van der Waals surface area (Å²) in [5.74, 6) is 0.877. The monoisotopic (exact) mass is 302 g/mol. The van der Waals surface area contributed by atoms with Crippen LogP contribution in [0.5, 0.6) is 0 Å². The molecule has 1 aliphatic rings. The fraction of sp³-hybridized carbons (Fsp3) is 0.556. The molecule has 1 aromatic heterocycles. The highest BCUT2D eigenvalue weighted by Gasteiger charge is 2.17. The van der Waals surface area contributed by atoms with E-state index in [0.717, 1.165) is 12.5 Å². The van der Waals surface area contributed by atoms with Crippen LogP contribution < -0.4 is 5.32 Å². The highest BCUT2D eigenvalue weighted by Crippen LogP contribution is 2.27. The third-order valence-electron chi connectivity index (χ3n) is 4.47. The van der Waals surface area contributed by atoms with E-state index in [9.17, 15) is 0 Å². The number of hydrogen-bond donors (Lipinski definition) is 1. The molecule has 114 valence electrons. The van der Waals surface area contributed by atoms with Crippen molar-refractivity contribution in [1.82, 2.24) is 10.2 Å². The first-order valence-electron chi connectivity index (χ1n) is 8.25. The molecule has 0 bridgehead atoms. The minimum absolute atomic E-state index is 0.877. The predicted molar refractivity (Wildman–Crippen MR) is 93.0 cm³/mol. The fourth-order valence-corrected chi connectivity index (χ4v) is 4.33. The lowest BCUT2D eigenvalue weighted by Crippen LogP contribution is -2.36. The minimum Gasteiger partial charge on any atom is -0.317 e. The van der Waals surface area contributed by atoms with E-state index < -0.39 is 0 Å². The fourth-order valence-electron chi connectivity index (χ4n) is 3.38. The Morgan fingerprint density at radius 1 is 1.24 bits per heavy atom. The Morgan fingerprint density at radius 3 is 2.86 bits per heavy atom. The van der Waals surface area contributed by atoms with E-state index in [1.165, 1.54) is 61.1 Å². The molecule has 0 atom stereocenters. The largest absolute Gasteiger partial charge is 0.317 e. The molecule has 2 nitrogen and oxygen atoms in total. The average Bonchev–Trinajstić information content (AvgIpc) is 2.92. The predicted octanol–water partition coefficient (Wildman–Crippen LogP) is 4.11. The van der Waals surface area contributed by atoms with Crippen molar-refractivity contribution in [2.45, 2.75) is 32.7 Å². The smallest absolute Gasteiger partial charge is 0.0346 e. The Bertz CT molecular complexity index is 557. The summed E-state index contributed by atoms with van der Waals surface area (Å²) in [5, 5.41) is 7.28. The molecule has 2 aromatic rings. The van der Waals surface area contributed by atoms with Crippen molar-refractivity contribution >= 4 is 21.4 Å². The Morgan fingerprint density at radius 2 is 2.05 bits per heavy atom. The maximum atomic E-state index is 3.47. The highest BCUT2D eigenvalue weighted by atomic mass is 32.1. The molecule has 0 aliphatic carbocycles. The lowest BCUT2D eigenvalue weighted by Gasteiger charge is -2.29. The Hall–Kier alpha value is -0.900. The van der Waals surface area contributed by atoms with Gasteiger partial charge in [0.05, 0.1) is 0 Å². The number of nitrogens with zero attached hydrogens (tertiary/aromatic N) is 1. The zero-order valence-electron chi connectivity index (χ0n) is 13.0. The van der Waals surface area contributed by atoms with Gasteiger partial charge in [-0.3, -0.25) is 4.90 Å². The zero-order chi connectivity index (χ0) is 14.5. The van der Waals surface area contributed by atoms with Crippen LogP contribution in [0.4, 0.5) is 0 Å². The Labute approximate surface area is 132 Å². The average molecular weight is 302 g/mol. The van der Waals surface area contributed by atoms with Gasteiger partial charge in [-0.05, 0) is 67.2 Å². The standard InChI is InChI=1S/C18H26N2S/c1-2-11-20(12-15-7-9-19-10-8-15)13-16-14-21-18-6-4-3-5-17(16)18/h3-6,14-15,19H,2,7-13H2,1H3. The second-order valence-corrected chi connectivity index (χ2v) is 7.10. The molecule has 0 saturated carbocycles. The van der Waals surface area contributed by atoms with Gasteiger partial charge < -0.3 is 5.32 Å². The van der Waals surface area contributed by atoms with Crippen LogP contribution in [-0.2, 0) is 6.54 Å². The zero-order valence-corrected chi connectivity index (χ0v) is 13.8. The van der Waals surface area contributed by atoms with E-state index in [2.05, 4.69) is 46.8 Å². The van der Waals surface area contributed by atoms with E-state index in [1.807, 2.05) is 11.3 Å². The molecule has 0 radical (unpaired) electrons. The maximum Gasteiger partial charge on any atom is 0.0346 e. The van der Waals surface area contributed by atoms with Gasteiger partial charge in [-0.1, -0.05) is 25.1 Å². The van der Waals surface area contributed by atoms with Crippen molar-refractivity contribution in [1.29, 1.82) is 0 Å². The van der Waals surface area contributed by atoms with Crippen LogP contribution in [0.1, 0.15) is 31.7 Å². The molecular weight excluding hydrogens is 276 g/mol. The normalized spacial score (nSPS) is 16.9. The molecule has 3 rings (SSSR count). The van der Waals surface area contributed by atoms with Gasteiger partial charge in [0.25, 0.3) is 0 Å².